The molecule has 9 heavy (non-hydrogen) atoms. The fourth-order valence-electron chi connectivity index (χ4n) is 0.576. The molecule has 0 aromatic carbocycles. The highest BCUT2D eigenvalue weighted by molar-refractivity contribution is 6.92. The van der Waals surface area contributed by atoms with Crippen molar-refractivity contribution in [1.82, 2.24) is 9.97 Å². The minimum absolute atomic E-state index is 0. The molecule has 0 saturated heterocycles. The van der Waals surface area contributed by atoms with Crippen molar-refractivity contribution in [2.45, 2.75) is 6.42 Å². The maximum atomic E-state index is 5.27. The Morgan fingerprint density at radius 1 is 1.67 bits per heavy atom. The number of H-pyrrole nitrogens is 1. The molecular formula is C5H12N3P. The lowest BCUT2D eigenvalue weighted by Gasteiger charge is -1.85. The zero-order chi connectivity index (χ0) is 5.82. The van der Waals surface area contributed by atoms with E-state index in [0.717, 1.165) is 12.1 Å². The standard InChI is InChI=1S/C5H9N3.H3P/c6-2-1-5-3-7-4-8-5;/h3-4H,1-2,6H2,(H,7,8);1H3. The molecule has 0 radical (unpaired) electrons. The minimum atomic E-state index is 0. The van der Waals surface area contributed by atoms with E-state index in [1.807, 2.05) is 6.20 Å². The van der Waals surface area contributed by atoms with Crippen LogP contribution >= 0.6 is 9.90 Å². The molecule has 0 saturated carbocycles. The highest BCUT2D eigenvalue weighted by atomic mass is 31.0. The second-order valence-corrected chi connectivity index (χ2v) is 1.60. The van der Waals surface area contributed by atoms with E-state index in [1.54, 1.807) is 6.33 Å². The number of aromatic amines is 1. The van der Waals surface area contributed by atoms with E-state index in [1.165, 1.54) is 0 Å². The fourth-order valence-corrected chi connectivity index (χ4v) is 0.576. The van der Waals surface area contributed by atoms with Gasteiger partial charge in [-0.05, 0) is 6.54 Å². The van der Waals surface area contributed by atoms with E-state index in [2.05, 4.69) is 9.97 Å². The summed E-state index contributed by atoms with van der Waals surface area (Å²) in [4.78, 5) is 6.82. The molecule has 3 nitrogen and oxygen atoms in total. The maximum Gasteiger partial charge on any atom is 0.0923 e. The fraction of sp³-hybridized carbons (Fsp3) is 0.400. The van der Waals surface area contributed by atoms with Crippen LogP contribution in [0.15, 0.2) is 12.5 Å². The molecule has 3 N–H and O–H groups in total. The van der Waals surface area contributed by atoms with Crippen LogP contribution in [-0.4, -0.2) is 16.5 Å². The largest absolute Gasteiger partial charge is 0.351 e. The van der Waals surface area contributed by atoms with Crippen molar-refractivity contribution in [3.63, 3.8) is 0 Å². The smallest absolute Gasteiger partial charge is 0.0923 e. The molecule has 4 heteroatoms. The Bertz CT molecular complexity index is 138. The van der Waals surface area contributed by atoms with Crippen LogP contribution in [0.25, 0.3) is 0 Å². The van der Waals surface area contributed by atoms with Crippen molar-refractivity contribution in [3.8, 4) is 0 Å². The van der Waals surface area contributed by atoms with Gasteiger partial charge in [-0.1, -0.05) is 0 Å². The lowest BCUT2D eigenvalue weighted by molar-refractivity contribution is 0.935. The first-order valence-corrected chi connectivity index (χ1v) is 2.61. The zero-order valence-electron chi connectivity index (χ0n) is 5.30. The molecule has 1 unspecified atom stereocenters. The first-order chi connectivity index (χ1) is 3.93. The first kappa shape index (κ1) is 8.60. The van der Waals surface area contributed by atoms with Crippen molar-refractivity contribution in [2.75, 3.05) is 6.54 Å². The molecule has 52 valence electrons. The maximum absolute atomic E-state index is 5.27. The minimum Gasteiger partial charge on any atom is -0.351 e. The van der Waals surface area contributed by atoms with Crippen molar-refractivity contribution in [1.29, 1.82) is 0 Å². The molecule has 0 aliphatic rings. The molecule has 1 aromatic heterocycles. The molecule has 1 heterocycles. The molecular weight excluding hydrogens is 133 g/mol. The molecule has 0 fully saturated rings. The third kappa shape index (κ3) is 2.59. The lowest BCUT2D eigenvalue weighted by Crippen LogP contribution is -2.02. The summed E-state index contributed by atoms with van der Waals surface area (Å²) in [6.45, 7) is 0.671. The van der Waals surface area contributed by atoms with Gasteiger partial charge in [0.15, 0.2) is 0 Å². The molecule has 0 aliphatic heterocycles. The van der Waals surface area contributed by atoms with Gasteiger partial charge in [0.2, 0.25) is 0 Å². The van der Waals surface area contributed by atoms with Crippen LogP contribution in [-0.2, 0) is 6.42 Å². The Labute approximate surface area is 57.7 Å². The second-order valence-electron chi connectivity index (χ2n) is 1.60. The monoisotopic (exact) mass is 145 g/mol. The lowest BCUT2D eigenvalue weighted by atomic mass is 10.3. The predicted molar refractivity (Wildman–Crippen MR) is 42.5 cm³/mol. The molecule has 0 spiro atoms. The predicted octanol–water partition coefficient (Wildman–Crippen LogP) is -0.0310. The summed E-state index contributed by atoms with van der Waals surface area (Å²) in [7, 11) is 0. The summed E-state index contributed by atoms with van der Waals surface area (Å²) in [5.74, 6) is 0. The van der Waals surface area contributed by atoms with E-state index in [4.69, 9.17) is 5.73 Å². The van der Waals surface area contributed by atoms with Gasteiger partial charge in [-0.15, -0.1) is 0 Å². The van der Waals surface area contributed by atoms with Gasteiger partial charge in [-0.3, -0.25) is 0 Å². The van der Waals surface area contributed by atoms with Crippen LogP contribution in [0.5, 0.6) is 0 Å². The van der Waals surface area contributed by atoms with E-state index in [9.17, 15) is 0 Å². The van der Waals surface area contributed by atoms with E-state index in [0.29, 0.717) is 6.54 Å². The molecule has 0 bridgehead atoms. The number of nitrogens with two attached hydrogens (primary N) is 1. The Morgan fingerprint density at radius 3 is 2.89 bits per heavy atom. The number of nitrogens with zero attached hydrogens (tertiary/aromatic N) is 1. The number of hydrogen-bond acceptors (Lipinski definition) is 2. The Balaban J connectivity index is 0.000000640. The van der Waals surface area contributed by atoms with E-state index < -0.39 is 0 Å². The van der Waals surface area contributed by atoms with Crippen LogP contribution in [0.2, 0.25) is 0 Å². The topological polar surface area (TPSA) is 54.7 Å². The highest BCUT2D eigenvalue weighted by Crippen LogP contribution is 1.88. The highest BCUT2D eigenvalue weighted by Gasteiger charge is 1.87. The Hall–Kier alpha value is -0.400. The summed E-state index contributed by atoms with van der Waals surface area (Å²) < 4.78 is 0. The quantitative estimate of drug-likeness (QED) is 0.574. The van der Waals surface area contributed by atoms with E-state index >= 15 is 0 Å². The summed E-state index contributed by atoms with van der Waals surface area (Å²) in [6.07, 6.45) is 4.38. The van der Waals surface area contributed by atoms with Gasteiger partial charge < -0.3 is 10.7 Å². The van der Waals surface area contributed by atoms with Crippen molar-refractivity contribution < 1.29 is 0 Å². The van der Waals surface area contributed by atoms with Crippen LogP contribution in [0.1, 0.15) is 5.69 Å². The summed E-state index contributed by atoms with van der Waals surface area (Å²) in [5.41, 5.74) is 6.30. The van der Waals surface area contributed by atoms with Crippen LogP contribution in [0, 0.1) is 0 Å². The number of aromatic nitrogens is 2. The summed E-state index contributed by atoms with van der Waals surface area (Å²) in [6, 6.07) is 0. The van der Waals surface area contributed by atoms with Gasteiger partial charge in [-0.25, -0.2) is 4.98 Å². The van der Waals surface area contributed by atoms with Crippen LogP contribution < -0.4 is 5.73 Å². The van der Waals surface area contributed by atoms with Crippen molar-refractivity contribution in [3.05, 3.63) is 18.2 Å². The average molecular weight is 145 g/mol. The average Bonchev–Trinajstić information content (AvgIpc) is 2.19. The SMILES string of the molecule is NCCc1c[nH]cn1.P. The Morgan fingerprint density at radius 2 is 2.44 bits per heavy atom. The van der Waals surface area contributed by atoms with Crippen molar-refractivity contribution in [2.24, 2.45) is 5.73 Å². The van der Waals surface area contributed by atoms with Gasteiger partial charge in [0.1, 0.15) is 0 Å². The van der Waals surface area contributed by atoms with Gasteiger partial charge in [0.05, 0.1) is 12.0 Å². The Kier molecular flexibility index (Phi) is 4.28. The van der Waals surface area contributed by atoms with E-state index in [-0.39, 0.29) is 9.90 Å². The molecule has 0 amide bonds. The zero-order valence-corrected chi connectivity index (χ0v) is 6.71. The molecule has 1 rings (SSSR count). The van der Waals surface area contributed by atoms with Crippen LogP contribution in [0.4, 0.5) is 0 Å². The number of rotatable bonds is 2. The van der Waals surface area contributed by atoms with Gasteiger partial charge in [0, 0.05) is 12.6 Å². The molecule has 1 aromatic rings. The van der Waals surface area contributed by atoms with Gasteiger partial charge in [0.25, 0.3) is 0 Å². The molecule has 0 aliphatic carbocycles. The van der Waals surface area contributed by atoms with Crippen LogP contribution in [0.3, 0.4) is 0 Å². The summed E-state index contributed by atoms with van der Waals surface area (Å²) >= 11 is 0. The number of hydrogen-bond donors (Lipinski definition) is 2. The number of imidazole rings is 1. The summed E-state index contributed by atoms with van der Waals surface area (Å²) in [5, 5.41) is 0. The van der Waals surface area contributed by atoms with Crippen molar-refractivity contribution >= 4 is 9.90 Å². The second kappa shape index (κ2) is 4.48. The first-order valence-electron chi connectivity index (χ1n) is 2.61. The third-order valence-corrected chi connectivity index (χ3v) is 0.955. The third-order valence-electron chi connectivity index (χ3n) is 0.955. The van der Waals surface area contributed by atoms with Gasteiger partial charge in [-0.2, -0.15) is 9.90 Å². The van der Waals surface area contributed by atoms with Gasteiger partial charge >= 0.3 is 0 Å². The number of nitrogens with one attached hydrogen (secondary N) is 1. The normalized spacial score (nSPS) is 8.56. The molecule has 1 atom stereocenters.